The normalized spacial score (nSPS) is 22.6. The van der Waals surface area contributed by atoms with Crippen molar-refractivity contribution in [2.75, 3.05) is 0 Å². The van der Waals surface area contributed by atoms with Crippen molar-refractivity contribution in [3.63, 3.8) is 0 Å². The highest BCUT2D eigenvalue weighted by Crippen LogP contribution is 2.37. The first kappa shape index (κ1) is 18.4. The predicted octanol–water partition coefficient (Wildman–Crippen LogP) is 3.11. The Bertz CT molecular complexity index is 818. The fraction of sp³-hybridized carbons (Fsp3) is 0.476. The zero-order chi connectivity index (χ0) is 18.8. The molecule has 2 aromatic rings. The van der Waals surface area contributed by atoms with E-state index in [1.54, 1.807) is 0 Å². The molecule has 26 heavy (non-hydrogen) atoms. The largest absolute Gasteiger partial charge is 0.345 e. The maximum atomic E-state index is 12.9. The van der Waals surface area contributed by atoms with Crippen LogP contribution < -0.4 is 5.69 Å². The van der Waals surface area contributed by atoms with Gasteiger partial charge < -0.3 is 9.88 Å². The summed E-state index contributed by atoms with van der Waals surface area (Å²) in [6, 6.07) is 10.9. The minimum atomic E-state index is -0.331. The van der Waals surface area contributed by atoms with Gasteiger partial charge in [-0.15, -0.1) is 0 Å². The number of aromatic amines is 1. The van der Waals surface area contributed by atoms with Gasteiger partial charge in [-0.25, -0.2) is 4.79 Å². The predicted molar refractivity (Wildman–Crippen MR) is 102 cm³/mol. The Morgan fingerprint density at radius 2 is 1.92 bits per heavy atom. The Hall–Kier alpha value is -2.43. The summed E-state index contributed by atoms with van der Waals surface area (Å²) in [4.78, 5) is 33.1. The van der Waals surface area contributed by atoms with Crippen LogP contribution in [0.15, 0.2) is 35.1 Å². The highest BCUT2D eigenvalue weighted by Gasteiger charge is 2.39. The molecular formula is C21H27N3O2. The number of hydrogen-bond donors (Lipinski definition) is 1. The number of carbonyl (C=O) groups is 1. The molecule has 2 heterocycles. The number of carbonyl (C=O) groups excluding carboxylic acids is 1. The number of aryl methyl sites for hydroxylation is 2. The molecule has 0 radical (unpaired) electrons. The second kappa shape index (κ2) is 7.44. The van der Waals surface area contributed by atoms with Crippen LogP contribution in [0, 0.1) is 13.8 Å². The van der Waals surface area contributed by atoms with Crippen molar-refractivity contribution in [3.8, 4) is 0 Å². The number of nitrogens with one attached hydrogen (secondary N) is 1. The monoisotopic (exact) mass is 353 g/mol. The Balaban J connectivity index is 1.71. The average molecular weight is 353 g/mol. The molecule has 3 unspecified atom stereocenters. The van der Waals surface area contributed by atoms with Crippen LogP contribution in [0.3, 0.4) is 0 Å². The van der Waals surface area contributed by atoms with Gasteiger partial charge in [0.15, 0.2) is 0 Å². The van der Waals surface area contributed by atoms with E-state index >= 15 is 0 Å². The average Bonchev–Trinajstić information content (AvgIpc) is 2.89. The number of benzene rings is 1. The molecular weight excluding hydrogens is 326 g/mol. The van der Waals surface area contributed by atoms with Crippen molar-refractivity contribution in [2.24, 2.45) is 0 Å². The minimum absolute atomic E-state index is 0.174. The van der Waals surface area contributed by atoms with Crippen molar-refractivity contribution in [1.82, 2.24) is 14.9 Å². The molecule has 1 aromatic carbocycles. The lowest BCUT2D eigenvalue weighted by atomic mass is 9.92. The Labute approximate surface area is 154 Å². The first-order valence-corrected chi connectivity index (χ1v) is 9.31. The summed E-state index contributed by atoms with van der Waals surface area (Å²) in [6.45, 7) is 7.98. The molecule has 138 valence electrons. The smallest absolute Gasteiger partial charge is 0.337 e. The second-order valence-electron chi connectivity index (χ2n) is 7.37. The highest BCUT2D eigenvalue weighted by molar-refractivity contribution is 5.77. The zero-order valence-electron chi connectivity index (χ0n) is 16.0. The first-order valence-electron chi connectivity index (χ1n) is 9.31. The van der Waals surface area contributed by atoms with E-state index in [2.05, 4.69) is 48.1 Å². The highest BCUT2D eigenvalue weighted by atomic mass is 16.2. The quantitative estimate of drug-likeness (QED) is 0.918. The number of nitrogens with zero attached hydrogens (tertiary/aromatic N) is 2. The summed E-state index contributed by atoms with van der Waals surface area (Å²) in [6.07, 6.45) is 2.03. The molecule has 3 rings (SSSR count). The minimum Gasteiger partial charge on any atom is -0.337 e. The van der Waals surface area contributed by atoms with Gasteiger partial charge in [-0.3, -0.25) is 4.79 Å². The molecule has 1 fully saturated rings. The van der Waals surface area contributed by atoms with Crippen molar-refractivity contribution in [3.05, 3.63) is 63.3 Å². The van der Waals surface area contributed by atoms with Crippen LogP contribution in [0.2, 0.25) is 0 Å². The third-order valence-electron chi connectivity index (χ3n) is 5.65. The Morgan fingerprint density at radius 1 is 1.23 bits per heavy atom. The molecule has 1 saturated heterocycles. The first-order chi connectivity index (χ1) is 12.4. The Morgan fingerprint density at radius 3 is 2.58 bits per heavy atom. The molecule has 0 spiro atoms. The van der Waals surface area contributed by atoms with Gasteiger partial charge in [0.05, 0.1) is 0 Å². The molecule has 5 nitrogen and oxygen atoms in total. The molecule has 1 amide bonds. The van der Waals surface area contributed by atoms with Crippen molar-refractivity contribution >= 4 is 5.91 Å². The van der Waals surface area contributed by atoms with Gasteiger partial charge >= 0.3 is 5.69 Å². The van der Waals surface area contributed by atoms with Gasteiger partial charge in [-0.05, 0) is 51.7 Å². The van der Waals surface area contributed by atoms with Crippen LogP contribution in [0.4, 0.5) is 0 Å². The van der Waals surface area contributed by atoms with Crippen LogP contribution >= 0.6 is 0 Å². The fourth-order valence-corrected chi connectivity index (χ4v) is 4.35. The van der Waals surface area contributed by atoms with Crippen molar-refractivity contribution in [2.45, 2.75) is 65.0 Å². The number of amides is 1. The van der Waals surface area contributed by atoms with Gasteiger partial charge in [-0.2, -0.15) is 4.98 Å². The molecule has 1 aliphatic heterocycles. The summed E-state index contributed by atoms with van der Waals surface area (Å²) < 4.78 is 0. The number of aromatic nitrogens is 2. The van der Waals surface area contributed by atoms with E-state index in [9.17, 15) is 9.59 Å². The van der Waals surface area contributed by atoms with Crippen LogP contribution in [-0.2, 0) is 11.2 Å². The third kappa shape index (κ3) is 3.57. The van der Waals surface area contributed by atoms with Crippen LogP contribution in [0.25, 0.3) is 0 Å². The lowest BCUT2D eigenvalue weighted by molar-refractivity contribution is -0.133. The molecule has 1 aromatic heterocycles. The zero-order valence-corrected chi connectivity index (χ0v) is 16.0. The van der Waals surface area contributed by atoms with Crippen LogP contribution in [0.1, 0.15) is 55.1 Å². The summed E-state index contributed by atoms with van der Waals surface area (Å²) in [5, 5.41) is 0. The molecule has 1 aliphatic rings. The summed E-state index contributed by atoms with van der Waals surface area (Å²) in [7, 11) is 0. The van der Waals surface area contributed by atoms with Gasteiger partial charge in [0, 0.05) is 35.8 Å². The van der Waals surface area contributed by atoms with Gasteiger partial charge in [0.2, 0.25) is 5.91 Å². The third-order valence-corrected chi connectivity index (χ3v) is 5.65. The number of likely N-dealkylation sites (tertiary alicyclic amines) is 1. The standard InChI is InChI=1S/C21H27N3O2/c1-13-12-19(17-8-6-5-7-9-17)16(4)24(13)20(25)11-10-18-14(2)22-21(26)23-15(18)3/h5-9,13,16,19H,10-12H2,1-4H3,(H,22,23,26). The summed E-state index contributed by atoms with van der Waals surface area (Å²) >= 11 is 0. The fourth-order valence-electron chi connectivity index (χ4n) is 4.35. The van der Waals surface area contributed by atoms with Crippen molar-refractivity contribution < 1.29 is 4.79 Å². The van der Waals surface area contributed by atoms with E-state index in [0.717, 1.165) is 17.7 Å². The van der Waals surface area contributed by atoms with E-state index < -0.39 is 0 Å². The summed E-state index contributed by atoms with van der Waals surface area (Å²) in [5.74, 6) is 0.557. The van der Waals surface area contributed by atoms with Crippen molar-refractivity contribution in [1.29, 1.82) is 0 Å². The SMILES string of the molecule is Cc1nc(=O)[nH]c(C)c1CCC(=O)N1C(C)CC(c2ccccc2)C1C. The number of H-pyrrole nitrogens is 1. The lowest BCUT2D eigenvalue weighted by Crippen LogP contribution is -2.39. The lowest BCUT2D eigenvalue weighted by Gasteiger charge is -2.28. The maximum Gasteiger partial charge on any atom is 0.345 e. The van der Waals surface area contributed by atoms with Crippen LogP contribution in [0.5, 0.6) is 0 Å². The Kier molecular flexibility index (Phi) is 5.25. The van der Waals surface area contributed by atoms with E-state index in [0.29, 0.717) is 24.5 Å². The molecule has 3 atom stereocenters. The van der Waals surface area contributed by atoms with E-state index in [1.165, 1.54) is 5.56 Å². The number of rotatable bonds is 4. The van der Waals surface area contributed by atoms with Gasteiger partial charge in [0.25, 0.3) is 0 Å². The molecule has 0 saturated carbocycles. The van der Waals surface area contributed by atoms with E-state index in [4.69, 9.17) is 0 Å². The maximum absolute atomic E-state index is 12.9. The van der Waals surface area contributed by atoms with Crippen LogP contribution in [-0.4, -0.2) is 32.9 Å². The van der Waals surface area contributed by atoms with E-state index in [1.807, 2.05) is 24.8 Å². The topological polar surface area (TPSA) is 66.1 Å². The molecule has 1 N–H and O–H groups in total. The van der Waals surface area contributed by atoms with Gasteiger partial charge in [0.1, 0.15) is 0 Å². The van der Waals surface area contributed by atoms with E-state index in [-0.39, 0.29) is 23.7 Å². The molecule has 5 heteroatoms. The number of hydrogen-bond acceptors (Lipinski definition) is 3. The molecule has 0 aliphatic carbocycles. The molecule has 0 bridgehead atoms. The summed E-state index contributed by atoms with van der Waals surface area (Å²) in [5.41, 5.74) is 3.46. The second-order valence-corrected chi connectivity index (χ2v) is 7.37. The van der Waals surface area contributed by atoms with Gasteiger partial charge in [-0.1, -0.05) is 30.3 Å².